The zero-order valence-electron chi connectivity index (χ0n) is 18.4. The molecule has 0 aromatic heterocycles. The Hall–Kier alpha value is -5.05. The number of nitro groups is 1. The number of rotatable bonds is 8. The quantitative estimate of drug-likeness (QED) is 0.129. The van der Waals surface area contributed by atoms with Crippen LogP contribution in [0.25, 0.3) is 10.8 Å². The maximum atomic E-state index is 12.4. The summed E-state index contributed by atoms with van der Waals surface area (Å²) in [5, 5.41) is 19.9. The van der Waals surface area contributed by atoms with Gasteiger partial charge in [-0.3, -0.25) is 14.9 Å². The van der Waals surface area contributed by atoms with Gasteiger partial charge in [0.1, 0.15) is 5.75 Å². The number of amides is 1. The number of carbonyl (C=O) groups is 2. The third-order valence-electron chi connectivity index (χ3n) is 5.06. The highest BCUT2D eigenvalue weighted by Gasteiger charge is 2.13. The number of para-hydroxylation sites is 1. The number of hydrogen-bond acceptors (Lipinski definition) is 7. The van der Waals surface area contributed by atoms with Crippen molar-refractivity contribution in [3.05, 3.63) is 112 Å². The van der Waals surface area contributed by atoms with Crippen LogP contribution in [-0.4, -0.2) is 29.6 Å². The fourth-order valence-electron chi connectivity index (χ4n) is 3.33. The van der Waals surface area contributed by atoms with Crippen molar-refractivity contribution in [3.8, 4) is 5.75 Å². The van der Waals surface area contributed by atoms with E-state index in [0.717, 1.165) is 16.5 Å². The first-order valence-electron chi connectivity index (χ1n) is 10.6. The maximum absolute atomic E-state index is 12.4. The van der Waals surface area contributed by atoms with Crippen LogP contribution in [0.1, 0.15) is 15.9 Å². The Morgan fingerprint density at radius 1 is 0.914 bits per heavy atom. The predicted octanol–water partition coefficient (Wildman–Crippen LogP) is 4.53. The van der Waals surface area contributed by atoms with E-state index in [1.165, 1.54) is 30.5 Å². The molecule has 0 bridgehead atoms. The van der Waals surface area contributed by atoms with E-state index in [9.17, 15) is 19.7 Å². The second-order valence-electron chi connectivity index (χ2n) is 7.40. The smallest absolute Gasteiger partial charge is 0.343 e. The molecule has 9 nitrogen and oxygen atoms in total. The summed E-state index contributed by atoms with van der Waals surface area (Å²) in [6.07, 6.45) is 1.37. The molecule has 0 saturated carbocycles. The first-order valence-corrected chi connectivity index (χ1v) is 10.6. The summed E-state index contributed by atoms with van der Waals surface area (Å²) in [4.78, 5) is 34.9. The summed E-state index contributed by atoms with van der Waals surface area (Å²) in [5.41, 5.74) is 3.78. The molecule has 0 aliphatic heterocycles. The van der Waals surface area contributed by atoms with Crippen LogP contribution in [0.4, 0.5) is 11.4 Å². The molecule has 0 aliphatic carbocycles. The van der Waals surface area contributed by atoms with Gasteiger partial charge in [-0.15, -0.1) is 0 Å². The van der Waals surface area contributed by atoms with Gasteiger partial charge in [0.2, 0.25) is 0 Å². The van der Waals surface area contributed by atoms with Gasteiger partial charge >= 0.3 is 5.97 Å². The highest BCUT2D eigenvalue weighted by atomic mass is 16.6. The van der Waals surface area contributed by atoms with Gasteiger partial charge in [-0.2, -0.15) is 5.10 Å². The molecule has 35 heavy (non-hydrogen) atoms. The average molecular weight is 468 g/mol. The first-order chi connectivity index (χ1) is 17.0. The lowest BCUT2D eigenvalue weighted by Gasteiger charge is -2.09. The van der Waals surface area contributed by atoms with E-state index in [-0.39, 0.29) is 29.5 Å². The van der Waals surface area contributed by atoms with Crippen LogP contribution < -0.4 is 15.5 Å². The van der Waals surface area contributed by atoms with Gasteiger partial charge in [0, 0.05) is 28.8 Å². The number of non-ortho nitro benzene ring substituents is 1. The second kappa shape index (κ2) is 10.7. The SMILES string of the molecule is O=C(CNc1cccc2ccccc12)N/N=C\c1ccccc1OC(=O)c1ccc([N+](=O)[O-])cc1. The van der Waals surface area contributed by atoms with E-state index in [1.807, 2.05) is 42.5 Å². The molecule has 0 saturated heterocycles. The van der Waals surface area contributed by atoms with Gasteiger partial charge in [0.15, 0.2) is 0 Å². The normalized spacial score (nSPS) is 10.7. The molecule has 0 atom stereocenters. The molecule has 0 heterocycles. The molecule has 4 aromatic rings. The van der Waals surface area contributed by atoms with Crippen molar-refractivity contribution in [1.82, 2.24) is 5.43 Å². The van der Waals surface area contributed by atoms with E-state index >= 15 is 0 Å². The lowest BCUT2D eigenvalue weighted by molar-refractivity contribution is -0.384. The summed E-state index contributed by atoms with van der Waals surface area (Å²) in [5.74, 6) is -0.804. The molecule has 9 heteroatoms. The molecule has 0 spiro atoms. The Morgan fingerprint density at radius 3 is 2.43 bits per heavy atom. The fraction of sp³-hybridized carbons (Fsp3) is 0.0385. The number of anilines is 1. The van der Waals surface area contributed by atoms with Crippen LogP contribution in [-0.2, 0) is 4.79 Å². The predicted molar refractivity (Wildman–Crippen MR) is 133 cm³/mol. The largest absolute Gasteiger partial charge is 0.422 e. The van der Waals surface area contributed by atoms with Crippen molar-refractivity contribution in [2.45, 2.75) is 0 Å². The minimum Gasteiger partial charge on any atom is -0.422 e. The number of hydrazone groups is 1. The fourth-order valence-corrected chi connectivity index (χ4v) is 3.33. The van der Waals surface area contributed by atoms with Crippen LogP contribution >= 0.6 is 0 Å². The second-order valence-corrected chi connectivity index (χ2v) is 7.40. The molecular weight excluding hydrogens is 448 g/mol. The first kappa shape index (κ1) is 23.1. The highest BCUT2D eigenvalue weighted by molar-refractivity contribution is 5.96. The molecule has 0 fully saturated rings. The number of ether oxygens (including phenoxy) is 1. The zero-order chi connectivity index (χ0) is 24.6. The van der Waals surface area contributed by atoms with Gasteiger partial charge in [-0.25, -0.2) is 10.2 Å². The summed E-state index contributed by atoms with van der Waals surface area (Å²) < 4.78 is 5.41. The van der Waals surface area contributed by atoms with Crippen molar-refractivity contribution < 1.29 is 19.2 Å². The Balaban J connectivity index is 1.35. The number of nitrogens with one attached hydrogen (secondary N) is 2. The van der Waals surface area contributed by atoms with E-state index in [0.29, 0.717) is 5.56 Å². The van der Waals surface area contributed by atoms with Gasteiger partial charge in [-0.05, 0) is 35.7 Å². The molecule has 4 rings (SSSR count). The van der Waals surface area contributed by atoms with Crippen molar-refractivity contribution in [3.63, 3.8) is 0 Å². The van der Waals surface area contributed by atoms with Crippen LogP contribution in [0, 0.1) is 10.1 Å². The van der Waals surface area contributed by atoms with Gasteiger partial charge in [0.25, 0.3) is 11.6 Å². The average Bonchev–Trinajstić information content (AvgIpc) is 2.88. The summed E-state index contributed by atoms with van der Waals surface area (Å²) >= 11 is 0. The maximum Gasteiger partial charge on any atom is 0.343 e. The van der Waals surface area contributed by atoms with Crippen molar-refractivity contribution in [1.29, 1.82) is 0 Å². The standard InChI is InChI=1S/C26H20N4O5/c31-25(17-27-23-10-5-8-18-6-1-3-9-22(18)23)29-28-16-20-7-2-4-11-24(20)35-26(32)19-12-14-21(15-13-19)30(33)34/h1-16,27H,17H2,(H,29,31)/b28-16-. The Labute approximate surface area is 200 Å². The molecule has 0 aliphatic rings. The lowest BCUT2D eigenvalue weighted by atomic mass is 10.1. The molecule has 2 N–H and O–H groups in total. The number of nitrogens with zero attached hydrogens (tertiary/aromatic N) is 2. The molecule has 0 unspecified atom stereocenters. The molecule has 4 aromatic carbocycles. The molecule has 0 radical (unpaired) electrons. The molecule has 1 amide bonds. The number of fused-ring (bicyclic) bond motifs is 1. The Morgan fingerprint density at radius 2 is 1.63 bits per heavy atom. The number of carbonyl (C=O) groups excluding carboxylic acids is 2. The number of esters is 1. The van der Waals surface area contributed by atoms with Crippen LogP contribution in [0.3, 0.4) is 0 Å². The van der Waals surface area contributed by atoms with E-state index in [1.54, 1.807) is 24.3 Å². The monoisotopic (exact) mass is 468 g/mol. The highest BCUT2D eigenvalue weighted by Crippen LogP contribution is 2.22. The van der Waals surface area contributed by atoms with Crippen molar-refractivity contribution in [2.24, 2.45) is 5.10 Å². The summed E-state index contributed by atoms with van der Waals surface area (Å²) in [7, 11) is 0. The Kier molecular flexibility index (Phi) is 7.08. The number of hydrogen-bond donors (Lipinski definition) is 2. The Bertz CT molecular complexity index is 1410. The van der Waals surface area contributed by atoms with E-state index in [2.05, 4.69) is 15.8 Å². The lowest BCUT2D eigenvalue weighted by Crippen LogP contribution is -2.26. The minimum absolute atomic E-state index is 0.0160. The van der Waals surface area contributed by atoms with Crippen molar-refractivity contribution >= 4 is 40.2 Å². The number of nitro benzene ring substituents is 1. The number of benzene rings is 4. The van der Waals surface area contributed by atoms with Crippen LogP contribution in [0.15, 0.2) is 96.1 Å². The third kappa shape index (κ3) is 5.85. The van der Waals surface area contributed by atoms with Crippen molar-refractivity contribution in [2.75, 3.05) is 11.9 Å². The molecule has 174 valence electrons. The van der Waals surface area contributed by atoms with Gasteiger partial charge in [-0.1, -0.05) is 48.5 Å². The topological polar surface area (TPSA) is 123 Å². The van der Waals surface area contributed by atoms with Gasteiger partial charge < -0.3 is 10.1 Å². The van der Waals surface area contributed by atoms with E-state index < -0.39 is 10.9 Å². The van der Waals surface area contributed by atoms with E-state index in [4.69, 9.17) is 4.74 Å². The third-order valence-corrected chi connectivity index (χ3v) is 5.06. The minimum atomic E-state index is -0.677. The molecular formula is C26H20N4O5. The summed E-state index contributed by atoms with van der Waals surface area (Å²) in [6, 6.07) is 25.4. The van der Waals surface area contributed by atoms with Crippen LogP contribution in [0.5, 0.6) is 5.75 Å². The summed E-state index contributed by atoms with van der Waals surface area (Å²) in [6.45, 7) is 0.0160. The van der Waals surface area contributed by atoms with Gasteiger partial charge in [0.05, 0.1) is 23.2 Å². The zero-order valence-corrected chi connectivity index (χ0v) is 18.4. The van der Waals surface area contributed by atoms with Crippen LogP contribution in [0.2, 0.25) is 0 Å².